The van der Waals surface area contributed by atoms with E-state index in [4.69, 9.17) is 0 Å². The molecule has 46 heavy (non-hydrogen) atoms. The van der Waals surface area contributed by atoms with Crippen LogP contribution in [0.4, 0.5) is 17.1 Å². The molecule has 1 aliphatic rings. The molecule has 1 heteroatoms. The summed E-state index contributed by atoms with van der Waals surface area (Å²) in [7, 11) is 0. The van der Waals surface area contributed by atoms with Gasteiger partial charge in [-0.2, -0.15) is 0 Å². The maximum atomic E-state index is 2.49. The Morgan fingerprint density at radius 2 is 0.913 bits per heavy atom. The summed E-state index contributed by atoms with van der Waals surface area (Å²) >= 11 is 0. The first-order valence-corrected chi connectivity index (χ1v) is 16.0. The summed E-state index contributed by atoms with van der Waals surface area (Å²) in [5, 5.41) is 5.08. The van der Waals surface area contributed by atoms with Crippen molar-refractivity contribution in [3.8, 4) is 11.1 Å². The minimum Gasteiger partial charge on any atom is -0.310 e. The van der Waals surface area contributed by atoms with Gasteiger partial charge in [-0.1, -0.05) is 146 Å². The van der Waals surface area contributed by atoms with Crippen molar-refractivity contribution in [3.63, 3.8) is 0 Å². The monoisotopic (exact) mass is 585 g/mol. The average molecular weight is 586 g/mol. The third kappa shape index (κ3) is 3.89. The number of hydrogen-bond acceptors (Lipinski definition) is 1. The Morgan fingerprint density at radius 3 is 1.54 bits per heavy atom. The maximum absolute atomic E-state index is 2.49. The molecule has 8 aromatic rings. The third-order valence-corrected chi connectivity index (χ3v) is 9.69. The van der Waals surface area contributed by atoms with Crippen molar-refractivity contribution in [2.75, 3.05) is 4.90 Å². The lowest BCUT2D eigenvalue weighted by Gasteiger charge is -2.34. The van der Waals surface area contributed by atoms with Crippen molar-refractivity contribution < 1.29 is 0 Å². The fourth-order valence-electron chi connectivity index (χ4n) is 7.79. The second-order valence-corrected chi connectivity index (χ2v) is 12.1. The van der Waals surface area contributed by atoms with Crippen LogP contribution in [0.3, 0.4) is 0 Å². The maximum Gasteiger partial charge on any atom is 0.0714 e. The molecule has 8 aromatic carbocycles. The van der Waals surface area contributed by atoms with Crippen LogP contribution in [0.5, 0.6) is 0 Å². The Bertz CT molecular complexity index is 2260. The van der Waals surface area contributed by atoms with Gasteiger partial charge in [0.1, 0.15) is 0 Å². The van der Waals surface area contributed by atoms with Crippen LogP contribution in [0.25, 0.3) is 32.7 Å². The lowest BCUT2D eigenvalue weighted by atomic mass is 9.67. The summed E-state index contributed by atoms with van der Waals surface area (Å²) in [6.45, 7) is 0. The van der Waals surface area contributed by atoms with Gasteiger partial charge in [-0.3, -0.25) is 0 Å². The fourth-order valence-corrected chi connectivity index (χ4v) is 7.79. The van der Waals surface area contributed by atoms with E-state index >= 15 is 0 Å². The van der Waals surface area contributed by atoms with E-state index in [9.17, 15) is 0 Å². The van der Waals surface area contributed by atoms with Gasteiger partial charge in [0.05, 0.1) is 11.1 Å². The van der Waals surface area contributed by atoms with Crippen LogP contribution < -0.4 is 4.90 Å². The van der Waals surface area contributed by atoms with Gasteiger partial charge in [-0.25, -0.2) is 0 Å². The number of rotatable bonds is 5. The van der Waals surface area contributed by atoms with Crippen LogP contribution in [0.2, 0.25) is 0 Å². The highest BCUT2D eigenvalue weighted by Crippen LogP contribution is 2.60. The first-order chi connectivity index (χ1) is 22.8. The van der Waals surface area contributed by atoms with Crippen LogP contribution in [-0.2, 0) is 5.41 Å². The van der Waals surface area contributed by atoms with E-state index in [1.54, 1.807) is 0 Å². The van der Waals surface area contributed by atoms with Gasteiger partial charge in [-0.15, -0.1) is 0 Å². The normalized spacial score (nSPS) is 13.0. The SMILES string of the molecule is c1ccc(N(c2ccccc2)c2cccc3c2-c2cc4ccc5ccccc5c4cc2C3(c2ccccc2)c2ccccc2)cc1. The predicted molar refractivity (Wildman–Crippen MR) is 193 cm³/mol. The number of para-hydroxylation sites is 2. The molecule has 0 N–H and O–H groups in total. The molecule has 1 nitrogen and oxygen atoms in total. The molecule has 0 aliphatic heterocycles. The molecule has 216 valence electrons. The van der Waals surface area contributed by atoms with E-state index in [2.05, 4.69) is 193 Å². The van der Waals surface area contributed by atoms with Crippen molar-refractivity contribution in [1.29, 1.82) is 0 Å². The van der Waals surface area contributed by atoms with Crippen molar-refractivity contribution in [1.82, 2.24) is 0 Å². The molecule has 0 heterocycles. The molecule has 0 bridgehead atoms. The van der Waals surface area contributed by atoms with Gasteiger partial charge in [0.2, 0.25) is 0 Å². The van der Waals surface area contributed by atoms with Crippen molar-refractivity contribution in [3.05, 3.63) is 210 Å². The van der Waals surface area contributed by atoms with Gasteiger partial charge in [-0.05, 0) is 91.8 Å². The Balaban J connectivity index is 1.46. The molecule has 1 aliphatic carbocycles. The molecule has 0 spiro atoms. The van der Waals surface area contributed by atoms with Crippen LogP contribution in [0.15, 0.2) is 188 Å². The highest BCUT2D eigenvalue weighted by molar-refractivity contribution is 6.11. The first-order valence-electron chi connectivity index (χ1n) is 16.0. The topological polar surface area (TPSA) is 3.24 Å². The quantitative estimate of drug-likeness (QED) is 0.182. The van der Waals surface area contributed by atoms with E-state index in [-0.39, 0.29) is 0 Å². The zero-order chi connectivity index (χ0) is 30.5. The largest absolute Gasteiger partial charge is 0.310 e. The molecule has 0 aromatic heterocycles. The van der Waals surface area contributed by atoms with Crippen LogP contribution >= 0.6 is 0 Å². The first kappa shape index (κ1) is 26.5. The molecule has 0 radical (unpaired) electrons. The van der Waals surface area contributed by atoms with E-state index in [1.807, 2.05) is 0 Å². The van der Waals surface area contributed by atoms with Gasteiger partial charge >= 0.3 is 0 Å². The molecular weight excluding hydrogens is 555 g/mol. The van der Waals surface area contributed by atoms with Crippen molar-refractivity contribution >= 4 is 38.6 Å². The lowest BCUT2D eigenvalue weighted by molar-refractivity contribution is 0.769. The Labute approximate surface area is 269 Å². The summed E-state index contributed by atoms with van der Waals surface area (Å²) in [6.07, 6.45) is 0. The van der Waals surface area contributed by atoms with Gasteiger partial charge in [0, 0.05) is 16.9 Å². The van der Waals surface area contributed by atoms with Crippen LogP contribution in [-0.4, -0.2) is 0 Å². The molecular formula is C45H31N. The average Bonchev–Trinajstić information content (AvgIpc) is 3.43. The minimum atomic E-state index is -0.507. The molecule has 0 fully saturated rings. The van der Waals surface area contributed by atoms with Crippen molar-refractivity contribution in [2.45, 2.75) is 5.41 Å². The molecule has 9 rings (SSSR count). The van der Waals surface area contributed by atoms with E-state index in [0.717, 1.165) is 11.4 Å². The number of fused-ring (bicyclic) bond motifs is 6. The molecule has 0 saturated carbocycles. The van der Waals surface area contributed by atoms with E-state index in [1.165, 1.54) is 60.6 Å². The highest BCUT2D eigenvalue weighted by Gasteiger charge is 2.47. The van der Waals surface area contributed by atoms with E-state index in [0.29, 0.717) is 0 Å². The number of hydrogen-bond donors (Lipinski definition) is 0. The zero-order valence-electron chi connectivity index (χ0n) is 25.3. The summed E-state index contributed by atoms with van der Waals surface area (Å²) in [5.41, 5.74) is 10.6. The molecule has 0 atom stereocenters. The summed E-state index contributed by atoms with van der Waals surface area (Å²) in [5.74, 6) is 0. The second-order valence-electron chi connectivity index (χ2n) is 12.1. The smallest absolute Gasteiger partial charge is 0.0714 e. The number of benzene rings is 8. The van der Waals surface area contributed by atoms with Gasteiger partial charge in [0.15, 0.2) is 0 Å². The lowest BCUT2D eigenvalue weighted by Crippen LogP contribution is -2.28. The summed E-state index contributed by atoms with van der Waals surface area (Å²) < 4.78 is 0. The van der Waals surface area contributed by atoms with E-state index < -0.39 is 5.41 Å². The zero-order valence-corrected chi connectivity index (χ0v) is 25.3. The summed E-state index contributed by atoms with van der Waals surface area (Å²) in [6, 6.07) is 68.8. The Kier molecular flexibility index (Phi) is 6.11. The predicted octanol–water partition coefficient (Wildman–Crippen LogP) is 11.8. The minimum absolute atomic E-state index is 0.507. The second kappa shape index (κ2) is 10.6. The van der Waals surface area contributed by atoms with Crippen LogP contribution in [0.1, 0.15) is 22.3 Å². The van der Waals surface area contributed by atoms with Crippen molar-refractivity contribution in [2.24, 2.45) is 0 Å². The highest BCUT2D eigenvalue weighted by atomic mass is 15.1. The summed E-state index contributed by atoms with van der Waals surface area (Å²) in [4.78, 5) is 2.42. The molecule has 0 amide bonds. The Hall–Kier alpha value is -5.92. The van der Waals surface area contributed by atoms with Gasteiger partial charge < -0.3 is 4.90 Å². The number of anilines is 3. The fraction of sp³-hybridized carbons (Fsp3) is 0.0222. The third-order valence-electron chi connectivity index (χ3n) is 9.69. The Morgan fingerprint density at radius 1 is 0.370 bits per heavy atom. The molecule has 0 unspecified atom stereocenters. The van der Waals surface area contributed by atoms with Gasteiger partial charge in [0.25, 0.3) is 0 Å². The molecule has 0 saturated heterocycles. The standard InChI is InChI=1S/C45H31N/c1-5-17-34(18-6-1)45(35-19-7-2-8-20-35)41-26-15-27-43(46(36-21-9-3-10-22-36)37-23-11-4-12-24-37)44(41)40-30-33-29-28-32-16-13-14-25-38(32)39(33)31-42(40)45/h1-31H. The van der Waals surface area contributed by atoms with Crippen LogP contribution in [0, 0.1) is 0 Å². The number of nitrogens with zero attached hydrogens (tertiary/aromatic N) is 1.